The van der Waals surface area contributed by atoms with E-state index in [2.05, 4.69) is 5.32 Å². The van der Waals surface area contributed by atoms with Gasteiger partial charge < -0.3 is 15.2 Å². The van der Waals surface area contributed by atoms with E-state index >= 15 is 0 Å². The molecule has 0 rings (SSSR count). The smallest absolute Gasteiger partial charge is 0.326 e. The van der Waals surface area contributed by atoms with Crippen LogP contribution >= 0.6 is 23.5 Å². The molecule has 21 heavy (non-hydrogen) atoms. The number of carboxylic acid groups (broad SMARTS) is 1. The highest BCUT2D eigenvalue weighted by Crippen LogP contribution is 2.07. The van der Waals surface area contributed by atoms with Crippen molar-refractivity contribution < 1.29 is 29.0 Å². The second-order valence-electron chi connectivity index (χ2n) is 3.88. The Hall–Kier alpha value is -1.22. The van der Waals surface area contributed by atoms with Crippen LogP contribution in [0.2, 0.25) is 0 Å². The van der Waals surface area contributed by atoms with Crippen LogP contribution in [-0.4, -0.2) is 58.0 Å². The normalized spacial score (nSPS) is 11.5. The van der Waals surface area contributed by atoms with Crippen LogP contribution in [0.5, 0.6) is 0 Å². The van der Waals surface area contributed by atoms with Gasteiger partial charge in [0.2, 0.25) is 5.91 Å². The van der Waals surface area contributed by atoms with Crippen molar-refractivity contribution in [3.05, 3.63) is 0 Å². The van der Waals surface area contributed by atoms with Gasteiger partial charge in [0.1, 0.15) is 6.04 Å². The Morgan fingerprint density at radius 1 is 1.24 bits per heavy atom. The summed E-state index contributed by atoms with van der Waals surface area (Å²) < 4.78 is 4.70. The molecule has 0 saturated heterocycles. The molecule has 0 aromatic rings. The standard InChI is InChI=1S/C12H19NO6S2/c1-3-19-11(16)7-20-6-10(15)13-9(12(17)18)4-5-21-8(2)14/h9H,3-7H2,1-2H3,(H,13,15)(H,17,18)/t9-/m0/s1. The maximum Gasteiger partial charge on any atom is 0.326 e. The van der Waals surface area contributed by atoms with Gasteiger partial charge in [-0.25, -0.2) is 4.79 Å². The number of carbonyl (C=O) groups excluding carboxylic acids is 3. The lowest BCUT2D eigenvalue weighted by atomic mass is 10.2. The van der Waals surface area contributed by atoms with E-state index in [4.69, 9.17) is 9.84 Å². The molecule has 0 aromatic heterocycles. The minimum absolute atomic E-state index is 0.0254. The number of hydrogen-bond donors (Lipinski definition) is 2. The molecule has 0 heterocycles. The molecule has 0 aliphatic carbocycles. The monoisotopic (exact) mass is 337 g/mol. The van der Waals surface area contributed by atoms with Gasteiger partial charge >= 0.3 is 11.9 Å². The Balaban J connectivity index is 4.03. The van der Waals surface area contributed by atoms with Crippen molar-refractivity contribution in [3.8, 4) is 0 Å². The largest absolute Gasteiger partial charge is 0.480 e. The number of aliphatic carboxylic acids is 1. The minimum Gasteiger partial charge on any atom is -0.480 e. The summed E-state index contributed by atoms with van der Waals surface area (Å²) in [6.45, 7) is 3.36. The summed E-state index contributed by atoms with van der Waals surface area (Å²) in [5.74, 6) is -1.69. The van der Waals surface area contributed by atoms with Gasteiger partial charge in [-0.1, -0.05) is 11.8 Å². The molecule has 7 nitrogen and oxygen atoms in total. The van der Waals surface area contributed by atoms with E-state index < -0.39 is 23.9 Å². The number of ether oxygens (including phenoxy) is 1. The number of rotatable bonds is 10. The Morgan fingerprint density at radius 3 is 2.43 bits per heavy atom. The molecule has 0 aliphatic heterocycles. The minimum atomic E-state index is -1.15. The number of carboxylic acids is 1. The van der Waals surface area contributed by atoms with E-state index in [0.29, 0.717) is 5.75 Å². The van der Waals surface area contributed by atoms with Gasteiger partial charge in [-0.2, -0.15) is 0 Å². The van der Waals surface area contributed by atoms with Crippen molar-refractivity contribution >= 4 is 46.5 Å². The Kier molecular flexibility index (Phi) is 10.8. The van der Waals surface area contributed by atoms with Crippen molar-refractivity contribution in [1.29, 1.82) is 0 Å². The highest BCUT2D eigenvalue weighted by atomic mass is 32.2. The second kappa shape index (κ2) is 11.4. The number of thioether (sulfide) groups is 2. The van der Waals surface area contributed by atoms with Crippen LogP contribution in [-0.2, 0) is 23.9 Å². The van der Waals surface area contributed by atoms with Crippen LogP contribution in [0.4, 0.5) is 0 Å². The molecule has 0 spiro atoms. The van der Waals surface area contributed by atoms with Crippen LogP contribution in [0.3, 0.4) is 0 Å². The summed E-state index contributed by atoms with van der Waals surface area (Å²) in [7, 11) is 0. The van der Waals surface area contributed by atoms with E-state index in [1.54, 1.807) is 6.92 Å². The summed E-state index contributed by atoms with van der Waals surface area (Å²) in [5, 5.41) is 11.2. The molecule has 0 aliphatic rings. The van der Waals surface area contributed by atoms with Gasteiger partial charge in [0, 0.05) is 12.7 Å². The lowest BCUT2D eigenvalue weighted by Crippen LogP contribution is -2.42. The predicted molar refractivity (Wildman–Crippen MR) is 81.3 cm³/mol. The number of nitrogens with one attached hydrogen (secondary N) is 1. The summed E-state index contributed by atoms with van der Waals surface area (Å²) in [6.07, 6.45) is 0.161. The van der Waals surface area contributed by atoms with Gasteiger partial charge in [-0.3, -0.25) is 14.4 Å². The zero-order valence-electron chi connectivity index (χ0n) is 11.9. The molecule has 0 aromatic carbocycles. The molecular weight excluding hydrogens is 318 g/mol. The number of esters is 1. The first-order valence-electron chi connectivity index (χ1n) is 6.25. The van der Waals surface area contributed by atoms with E-state index in [9.17, 15) is 19.2 Å². The maximum absolute atomic E-state index is 11.6. The van der Waals surface area contributed by atoms with Crippen molar-refractivity contribution in [2.24, 2.45) is 0 Å². The molecule has 0 saturated carbocycles. The highest BCUT2D eigenvalue weighted by molar-refractivity contribution is 8.13. The van der Waals surface area contributed by atoms with Crippen LogP contribution in [0.25, 0.3) is 0 Å². The van der Waals surface area contributed by atoms with Gasteiger partial charge in [0.25, 0.3) is 0 Å². The molecule has 1 amide bonds. The molecule has 9 heteroatoms. The SMILES string of the molecule is CCOC(=O)CSCC(=O)N[C@@H](CCSC(C)=O)C(=O)O. The third-order valence-electron chi connectivity index (χ3n) is 2.10. The zero-order chi connectivity index (χ0) is 16.3. The summed E-state index contributed by atoms with van der Waals surface area (Å²) in [4.78, 5) is 44.4. The fourth-order valence-corrected chi connectivity index (χ4v) is 2.51. The summed E-state index contributed by atoms with van der Waals surface area (Å²) in [5.41, 5.74) is 0. The molecular formula is C12H19NO6S2. The first kappa shape index (κ1) is 19.8. The van der Waals surface area contributed by atoms with Gasteiger partial charge in [0.05, 0.1) is 18.1 Å². The van der Waals surface area contributed by atoms with E-state index in [1.165, 1.54) is 6.92 Å². The lowest BCUT2D eigenvalue weighted by Gasteiger charge is -2.13. The average Bonchev–Trinajstić information content (AvgIpc) is 2.37. The van der Waals surface area contributed by atoms with Crippen LogP contribution in [0.15, 0.2) is 0 Å². The molecule has 120 valence electrons. The Bertz CT molecular complexity index is 388. The van der Waals surface area contributed by atoms with Crippen LogP contribution < -0.4 is 5.32 Å². The molecule has 2 N–H and O–H groups in total. The van der Waals surface area contributed by atoms with Crippen molar-refractivity contribution in [2.75, 3.05) is 23.9 Å². The van der Waals surface area contributed by atoms with Gasteiger partial charge in [-0.05, 0) is 13.3 Å². The van der Waals surface area contributed by atoms with Crippen LogP contribution in [0, 0.1) is 0 Å². The third-order valence-corrected chi connectivity index (χ3v) is 3.86. The van der Waals surface area contributed by atoms with E-state index in [-0.39, 0.29) is 29.6 Å². The molecule has 0 fully saturated rings. The quantitative estimate of drug-likeness (QED) is 0.555. The molecule has 0 unspecified atom stereocenters. The first-order valence-corrected chi connectivity index (χ1v) is 8.39. The van der Waals surface area contributed by atoms with E-state index in [0.717, 1.165) is 23.5 Å². The third kappa shape index (κ3) is 11.1. The second-order valence-corrected chi connectivity index (χ2v) is 6.14. The number of amides is 1. The van der Waals surface area contributed by atoms with Crippen LogP contribution in [0.1, 0.15) is 20.3 Å². The summed E-state index contributed by atoms with van der Waals surface area (Å²) >= 11 is 2.06. The van der Waals surface area contributed by atoms with Crippen molar-refractivity contribution in [2.45, 2.75) is 26.3 Å². The Morgan fingerprint density at radius 2 is 1.90 bits per heavy atom. The zero-order valence-corrected chi connectivity index (χ0v) is 13.6. The fourth-order valence-electron chi connectivity index (χ4n) is 1.24. The molecule has 1 atom stereocenters. The summed E-state index contributed by atoms with van der Waals surface area (Å²) in [6, 6.07) is -1.03. The number of hydrogen-bond acceptors (Lipinski definition) is 7. The van der Waals surface area contributed by atoms with Crippen molar-refractivity contribution in [3.63, 3.8) is 0 Å². The van der Waals surface area contributed by atoms with Gasteiger partial charge in [-0.15, -0.1) is 11.8 Å². The fraction of sp³-hybridized carbons (Fsp3) is 0.667. The molecule has 0 radical (unpaired) electrons. The Labute approximate surface area is 131 Å². The topological polar surface area (TPSA) is 110 Å². The first-order chi connectivity index (χ1) is 9.86. The highest BCUT2D eigenvalue weighted by Gasteiger charge is 2.20. The molecule has 0 bridgehead atoms. The average molecular weight is 337 g/mol. The van der Waals surface area contributed by atoms with Crippen molar-refractivity contribution in [1.82, 2.24) is 5.32 Å². The number of carbonyl (C=O) groups is 4. The lowest BCUT2D eigenvalue weighted by molar-refractivity contribution is -0.141. The van der Waals surface area contributed by atoms with Gasteiger partial charge in [0.15, 0.2) is 5.12 Å². The predicted octanol–water partition coefficient (Wildman–Crippen LogP) is 0.522. The van der Waals surface area contributed by atoms with E-state index in [1.807, 2.05) is 0 Å². The maximum atomic E-state index is 11.6.